The molecule has 0 bridgehead atoms. The zero-order valence-electron chi connectivity index (χ0n) is 19.3. The normalized spacial score (nSPS) is 20.7. The number of piperidine rings is 1. The molecule has 6 nitrogen and oxygen atoms in total. The standard InChI is InChI=1S/C25H26ClF3N4O2/c1-14-10-21(32-31-14)30-20-7-6-19(27)17(23(20)29)12-25(24(34)35)8-9-33(15(2)11-25)13-16-4-3-5-18(26)22(16)28/h3-7,10,15H,8-9,11-13H2,1-2H3,(H,34,35)(H2,30,31,32)/t15-,25-/m1/s1. The van der Waals surface area contributed by atoms with Gasteiger partial charge in [0.25, 0.3) is 0 Å². The highest BCUT2D eigenvalue weighted by atomic mass is 35.5. The maximum absolute atomic E-state index is 15.4. The van der Waals surface area contributed by atoms with Gasteiger partial charge in [0.05, 0.1) is 16.1 Å². The predicted molar refractivity (Wildman–Crippen MR) is 127 cm³/mol. The molecule has 1 aliphatic heterocycles. The number of halogens is 4. The minimum absolute atomic E-state index is 0.00959. The summed E-state index contributed by atoms with van der Waals surface area (Å²) in [5.41, 5.74) is -0.469. The van der Waals surface area contributed by atoms with Gasteiger partial charge in [0.2, 0.25) is 0 Å². The number of nitrogens with one attached hydrogen (secondary N) is 2. The predicted octanol–water partition coefficient (Wildman–Crippen LogP) is 5.83. The molecule has 10 heteroatoms. The van der Waals surface area contributed by atoms with Crippen molar-refractivity contribution < 1.29 is 23.1 Å². The first-order valence-corrected chi connectivity index (χ1v) is 11.6. The summed E-state index contributed by atoms with van der Waals surface area (Å²) in [5.74, 6) is -2.90. The van der Waals surface area contributed by atoms with Gasteiger partial charge in [-0.25, -0.2) is 13.2 Å². The van der Waals surface area contributed by atoms with Gasteiger partial charge in [-0.1, -0.05) is 23.7 Å². The van der Waals surface area contributed by atoms with Gasteiger partial charge in [-0.05, 0) is 57.9 Å². The Morgan fingerprint density at radius 2 is 2.06 bits per heavy atom. The van der Waals surface area contributed by atoms with Crippen molar-refractivity contribution in [3.05, 3.63) is 75.7 Å². The lowest BCUT2D eigenvalue weighted by Gasteiger charge is -2.43. The van der Waals surface area contributed by atoms with Crippen molar-refractivity contribution in [3.63, 3.8) is 0 Å². The molecule has 1 aromatic heterocycles. The average molecular weight is 507 g/mol. The van der Waals surface area contributed by atoms with Crippen LogP contribution in [-0.4, -0.2) is 38.8 Å². The third-order valence-electron chi connectivity index (χ3n) is 6.72. The Morgan fingerprint density at radius 1 is 1.29 bits per heavy atom. The topological polar surface area (TPSA) is 81.2 Å². The number of anilines is 2. The molecule has 186 valence electrons. The second kappa shape index (κ2) is 9.91. The molecule has 0 unspecified atom stereocenters. The molecule has 3 aromatic rings. The Hall–Kier alpha value is -3.04. The van der Waals surface area contributed by atoms with Crippen LogP contribution in [0.25, 0.3) is 0 Å². The van der Waals surface area contributed by atoms with Crippen molar-refractivity contribution in [2.75, 3.05) is 11.9 Å². The van der Waals surface area contributed by atoms with Gasteiger partial charge in [0, 0.05) is 35.5 Å². The van der Waals surface area contributed by atoms with Gasteiger partial charge < -0.3 is 10.4 Å². The SMILES string of the molecule is Cc1cc(Nc2ccc(F)c(C[C@@]3(C(=O)O)CCN(Cc4cccc(Cl)c4F)[C@H](C)C3)c2F)n[nH]1. The van der Waals surface area contributed by atoms with Crippen molar-refractivity contribution in [2.24, 2.45) is 5.41 Å². The Morgan fingerprint density at radius 3 is 2.71 bits per heavy atom. The van der Waals surface area contributed by atoms with Crippen molar-refractivity contribution in [3.8, 4) is 0 Å². The zero-order chi connectivity index (χ0) is 25.3. The quantitative estimate of drug-likeness (QED) is 0.375. The van der Waals surface area contributed by atoms with E-state index >= 15 is 4.39 Å². The summed E-state index contributed by atoms with van der Waals surface area (Å²) in [4.78, 5) is 14.4. The lowest BCUT2D eigenvalue weighted by atomic mass is 9.71. The molecule has 0 amide bonds. The number of hydrogen-bond acceptors (Lipinski definition) is 4. The summed E-state index contributed by atoms with van der Waals surface area (Å²) in [5, 5.41) is 19.7. The second-order valence-corrected chi connectivity index (χ2v) is 9.60. The summed E-state index contributed by atoms with van der Waals surface area (Å²) < 4.78 is 44.5. The summed E-state index contributed by atoms with van der Waals surface area (Å²) in [7, 11) is 0. The third kappa shape index (κ3) is 5.16. The third-order valence-corrected chi connectivity index (χ3v) is 7.01. The first-order valence-electron chi connectivity index (χ1n) is 11.3. The van der Waals surface area contributed by atoms with E-state index in [2.05, 4.69) is 15.5 Å². The number of aromatic nitrogens is 2. The highest BCUT2D eigenvalue weighted by Crippen LogP contribution is 2.41. The maximum atomic E-state index is 15.4. The summed E-state index contributed by atoms with van der Waals surface area (Å²) in [6.07, 6.45) is 0.00237. The van der Waals surface area contributed by atoms with Crippen LogP contribution >= 0.6 is 11.6 Å². The highest BCUT2D eigenvalue weighted by molar-refractivity contribution is 6.30. The Kier molecular flexibility index (Phi) is 7.10. The van der Waals surface area contributed by atoms with Gasteiger partial charge in [-0.3, -0.25) is 14.8 Å². The molecule has 3 N–H and O–H groups in total. The second-order valence-electron chi connectivity index (χ2n) is 9.20. The van der Waals surface area contributed by atoms with Gasteiger partial charge in [-0.15, -0.1) is 0 Å². The molecule has 1 saturated heterocycles. The monoisotopic (exact) mass is 506 g/mol. The molecule has 35 heavy (non-hydrogen) atoms. The van der Waals surface area contributed by atoms with Gasteiger partial charge >= 0.3 is 5.97 Å². The largest absolute Gasteiger partial charge is 0.481 e. The van der Waals surface area contributed by atoms with E-state index in [-0.39, 0.29) is 48.1 Å². The molecule has 2 aromatic carbocycles. The van der Waals surface area contributed by atoms with Crippen LogP contribution in [0.15, 0.2) is 36.4 Å². The fourth-order valence-corrected chi connectivity index (χ4v) is 4.94. The minimum atomic E-state index is -1.37. The molecular formula is C25H26ClF3N4O2. The number of carboxylic acid groups (broad SMARTS) is 1. The van der Waals surface area contributed by atoms with E-state index in [1.807, 2.05) is 11.8 Å². The Labute approximate surface area is 206 Å². The van der Waals surface area contributed by atoms with E-state index < -0.39 is 28.8 Å². The number of rotatable bonds is 7. The molecule has 0 radical (unpaired) electrons. The lowest BCUT2D eigenvalue weighted by molar-refractivity contribution is -0.153. The number of hydrogen-bond donors (Lipinski definition) is 3. The number of H-pyrrole nitrogens is 1. The number of aliphatic carboxylic acids is 1. The van der Waals surface area contributed by atoms with Gasteiger partial charge in [-0.2, -0.15) is 5.10 Å². The van der Waals surface area contributed by atoms with E-state index in [0.717, 1.165) is 11.8 Å². The maximum Gasteiger partial charge on any atom is 0.310 e. The van der Waals surface area contributed by atoms with E-state index in [9.17, 15) is 18.7 Å². The van der Waals surface area contributed by atoms with Crippen LogP contribution in [0.5, 0.6) is 0 Å². The number of carboxylic acids is 1. The van der Waals surface area contributed by atoms with Crippen LogP contribution in [0.1, 0.15) is 36.6 Å². The van der Waals surface area contributed by atoms with Crippen LogP contribution in [0.2, 0.25) is 5.02 Å². The number of aryl methyl sites for hydroxylation is 1. The number of nitrogens with zero attached hydrogens (tertiary/aromatic N) is 2. The number of carbonyl (C=O) groups is 1. The molecule has 1 aliphatic rings. The number of aromatic amines is 1. The van der Waals surface area contributed by atoms with Gasteiger partial charge in [0.15, 0.2) is 11.6 Å². The minimum Gasteiger partial charge on any atom is -0.481 e. The molecule has 0 saturated carbocycles. The fourth-order valence-electron chi connectivity index (χ4n) is 4.74. The molecule has 2 atom stereocenters. The van der Waals surface area contributed by atoms with Crippen molar-refractivity contribution in [1.29, 1.82) is 0 Å². The Balaban J connectivity index is 1.56. The first kappa shape index (κ1) is 25.1. The number of likely N-dealkylation sites (tertiary alicyclic amines) is 1. The van der Waals surface area contributed by atoms with Crippen LogP contribution in [0.4, 0.5) is 24.7 Å². The van der Waals surface area contributed by atoms with Crippen molar-refractivity contribution in [2.45, 2.75) is 45.7 Å². The van der Waals surface area contributed by atoms with Crippen LogP contribution < -0.4 is 5.32 Å². The van der Waals surface area contributed by atoms with Gasteiger partial charge in [0.1, 0.15) is 11.6 Å². The summed E-state index contributed by atoms with van der Waals surface area (Å²) in [6.45, 7) is 4.21. The summed E-state index contributed by atoms with van der Waals surface area (Å²) >= 11 is 5.89. The zero-order valence-corrected chi connectivity index (χ0v) is 20.1. The van der Waals surface area contributed by atoms with E-state index in [4.69, 9.17) is 11.6 Å². The van der Waals surface area contributed by atoms with Crippen molar-refractivity contribution >= 4 is 29.1 Å². The smallest absolute Gasteiger partial charge is 0.310 e. The van der Waals surface area contributed by atoms with E-state index in [0.29, 0.717) is 17.9 Å². The van der Waals surface area contributed by atoms with Crippen LogP contribution in [0.3, 0.4) is 0 Å². The van der Waals surface area contributed by atoms with Crippen LogP contribution in [0, 0.1) is 29.8 Å². The van der Waals surface area contributed by atoms with Crippen molar-refractivity contribution in [1.82, 2.24) is 15.1 Å². The molecular weight excluding hydrogens is 481 g/mol. The van der Waals surface area contributed by atoms with E-state index in [1.54, 1.807) is 25.1 Å². The molecule has 4 rings (SSSR count). The van der Waals surface area contributed by atoms with Crippen LogP contribution in [-0.2, 0) is 17.8 Å². The lowest BCUT2D eigenvalue weighted by Crippen LogP contribution is -2.50. The summed E-state index contributed by atoms with van der Waals surface area (Å²) in [6, 6.07) is 8.55. The van der Waals surface area contributed by atoms with E-state index in [1.165, 1.54) is 12.1 Å². The fraction of sp³-hybridized carbons (Fsp3) is 0.360. The molecule has 0 aliphatic carbocycles. The number of benzene rings is 2. The highest BCUT2D eigenvalue weighted by Gasteiger charge is 2.45. The Bertz CT molecular complexity index is 1250. The first-order chi connectivity index (χ1) is 16.6. The molecule has 1 fully saturated rings. The molecule has 0 spiro atoms. The molecule has 2 heterocycles. The average Bonchev–Trinajstić information content (AvgIpc) is 3.22.